The van der Waals surface area contributed by atoms with E-state index < -0.39 is 0 Å². The van der Waals surface area contributed by atoms with Crippen LogP contribution in [0.25, 0.3) is 0 Å². The summed E-state index contributed by atoms with van der Waals surface area (Å²) in [6.07, 6.45) is 11.9. The number of rotatable bonds is 10. The van der Waals surface area contributed by atoms with Gasteiger partial charge < -0.3 is 20.2 Å². The van der Waals surface area contributed by atoms with E-state index in [4.69, 9.17) is 14.5 Å². The van der Waals surface area contributed by atoms with Crippen molar-refractivity contribution in [1.82, 2.24) is 10.6 Å². The van der Waals surface area contributed by atoms with E-state index in [9.17, 15) is 0 Å². The Kier molecular flexibility index (Phi) is 12.0. The van der Waals surface area contributed by atoms with Crippen LogP contribution in [-0.2, 0) is 6.42 Å². The fraction of sp³-hybridized carbons (Fsp3) is 0.722. The second kappa shape index (κ2) is 13.5. The van der Waals surface area contributed by atoms with Crippen molar-refractivity contribution in [2.45, 2.75) is 63.8 Å². The Hall–Kier alpha value is -0.760. The van der Waals surface area contributed by atoms with Gasteiger partial charge in [-0.2, -0.15) is 0 Å². The molecule has 0 spiro atoms. The normalized spacial score (nSPS) is 15.3. The Bertz CT molecular complexity index is 431. The largest absolute Gasteiger partial charge is 0.469 e. The van der Waals surface area contributed by atoms with E-state index in [1.807, 2.05) is 12.1 Å². The van der Waals surface area contributed by atoms with Crippen molar-refractivity contribution < 1.29 is 9.52 Å². The summed E-state index contributed by atoms with van der Waals surface area (Å²) >= 11 is 0. The summed E-state index contributed by atoms with van der Waals surface area (Å²) in [5.74, 6) is 1.94. The first-order valence-corrected chi connectivity index (χ1v) is 9.06. The maximum absolute atomic E-state index is 8.79. The van der Waals surface area contributed by atoms with E-state index in [0.29, 0.717) is 12.6 Å². The van der Waals surface area contributed by atoms with Gasteiger partial charge in [0.1, 0.15) is 5.76 Å². The van der Waals surface area contributed by atoms with Gasteiger partial charge in [-0.3, -0.25) is 4.99 Å². The summed E-state index contributed by atoms with van der Waals surface area (Å²) < 4.78 is 5.36. The number of halogens is 1. The van der Waals surface area contributed by atoms with Crippen LogP contribution in [-0.4, -0.2) is 36.8 Å². The van der Waals surface area contributed by atoms with Gasteiger partial charge in [0.05, 0.1) is 6.26 Å². The zero-order chi connectivity index (χ0) is 16.2. The van der Waals surface area contributed by atoms with Crippen LogP contribution in [0.15, 0.2) is 27.8 Å². The highest BCUT2D eigenvalue weighted by Crippen LogP contribution is 2.17. The molecule has 0 bridgehead atoms. The molecule has 24 heavy (non-hydrogen) atoms. The van der Waals surface area contributed by atoms with E-state index >= 15 is 0 Å². The van der Waals surface area contributed by atoms with Gasteiger partial charge >= 0.3 is 0 Å². The quantitative estimate of drug-likeness (QED) is 0.222. The predicted molar refractivity (Wildman–Crippen MR) is 109 cm³/mol. The van der Waals surface area contributed by atoms with E-state index in [0.717, 1.165) is 56.9 Å². The molecule has 138 valence electrons. The zero-order valence-corrected chi connectivity index (χ0v) is 16.8. The summed E-state index contributed by atoms with van der Waals surface area (Å²) in [6.45, 7) is 1.97. The Labute approximate surface area is 162 Å². The standard InChI is InChI=1S/C18H31N3O2.HI/c22-14-6-2-1-5-12-19-18(21-16-8-3-4-9-16)20-13-11-17-10-7-15-23-17;/h7,10,15-16,22H,1-6,8-9,11-14H2,(H2,19,20,21);1H. The molecule has 6 heteroatoms. The number of aliphatic hydroxyl groups is 1. The number of furan rings is 1. The van der Waals surface area contributed by atoms with Crippen LogP contribution in [0.3, 0.4) is 0 Å². The SMILES string of the molecule is I.OCCCCCCN=C(NCCc1ccco1)NC1CCCC1. The van der Waals surface area contributed by atoms with Crippen molar-refractivity contribution in [2.24, 2.45) is 4.99 Å². The summed E-state index contributed by atoms with van der Waals surface area (Å²) in [5.41, 5.74) is 0. The van der Waals surface area contributed by atoms with Crippen molar-refractivity contribution in [3.05, 3.63) is 24.2 Å². The number of nitrogens with one attached hydrogen (secondary N) is 2. The second-order valence-corrected chi connectivity index (χ2v) is 6.25. The lowest BCUT2D eigenvalue weighted by atomic mass is 10.2. The minimum atomic E-state index is 0. The molecular weight excluding hydrogens is 417 g/mol. The van der Waals surface area contributed by atoms with Crippen molar-refractivity contribution in [3.63, 3.8) is 0 Å². The molecule has 0 saturated heterocycles. The van der Waals surface area contributed by atoms with Crippen LogP contribution in [0, 0.1) is 0 Å². The van der Waals surface area contributed by atoms with Crippen LogP contribution in [0.1, 0.15) is 57.1 Å². The van der Waals surface area contributed by atoms with Gasteiger partial charge in [0, 0.05) is 32.2 Å². The predicted octanol–water partition coefficient (Wildman–Crippen LogP) is 3.47. The fourth-order valence-corrected chi connectivity index (χ4v) is 2.94. The number of unbranched alkanes of at least 4 members (excludes halogenated alkanes) is 3. The van der Waals surface area contributed by atoms with E-state index in [-0.39, 0.29) is 24.0 Å². The van der Waals surface area contributed by atoms with Crippen molar-refractivity contribution in [2.75, 3.05) is 19.7 Å². The maximum Gasteiger partial charge on any atom is 0.191 e. The third-order valence-electron chi connectivity index (χ3n) is 4.28. The lowest BCUT2D eigenvalue weighted by Crippen LogP contribution is -2.43. The summed E-state index contributed by atoms with van der Waals surface area (Å²) in [5, 5.41) is 15.8. The molecule has 2 rings (SSSR count). The summed E-state index contributed by atoms with van der Waals surface area (Å²) in [4.78, 5) is 4.71. The number of nitrogens with zero attached hydrogens (tertiary/aromatic N) is 1. The van der Waals surface area contributed by atoms with Gasteiger partial charge in [0.2, 0.25) is 0 Å². The van der Waals surface area contributed by atoms with E-state index in [2.05, 4.69) is 10.6 Å². The average Bonchev–Trinajstić information content (AvgIpc) is 3.24. The first kappa shape index (κ1) is 21.3. The van der Waals surface area contributed by atoms with Gasteiger partial charge in [-0.15, -0.1) is 24.0 Å². The molecule has 1 fully saturated rings. The van der Waals surface area contributed by atoms with Gasteiger partial charge in [0.25, 0.3) is 0 Å². The molecule has 0 radical (unpaired) electrons. The fourth-order valence-electron chi connectivity index (χ4n) is 2.94. The highest BCUT2D eigenvalue weighted by atomic mass is 127. The minimum Gasteiger partial charge on any atom is -0.469 e. The molecule has 1 aromatic rings. The maximum atomic E-state index is 8.79. The average molecular weight is 449 g/mol. The summed E-state index contributed by atoms with van der Waals surface area (Å²) in [6, 6.07) is 4.50. The topological polar surface area (TPSA) is 69.8 Å². The molecule has 5 nitrogen and oxygen atoms in total. The second-order valence-electron chi connectivity index (χ2n) is 6.25. The molecule has 0 aliphatic heterocycles. The Morgan fingerprint density at radius 1 is 1.21 bits per heavy atom. The van der Waals surface area contributed by atoms with Crippen molar-refractivity contribution >= 4 is 29.9 Å². The molecular formula is C18H32IN3O2. The molecule has 1 aliphatic carbocycles. The Balaban J connectivity index is 0.00000288. The smallest absolute Gasteiger partial charge is 0.191 e. The van der Waals surface area contributed by atoms with Gasteiger partial charge in [-0.1, -0.05) is 25.7 Å². The molecule has 0 atom stereocenters. The lowest BCUT2D eigenvalue weighted by molar-refractivity contribution is 0.282. The summed E-state index contributed by atoms with van der Waals surface area (Å²) in [7, 11) is 0. The molecule has 1 saturated carbocycles. The number of hydrogen-bond donors (Lipinski definition) is 3. The molecule has 1 aliphatic rings. The molecule has 0 amide bonds. The Morgan fingerprint density at radius 2 is 2.00 bits per heavy atom. The van der Waals surface area contributed by atoms with Crippen LogP contribution in [0.4, 0.5) is 0 Å². The molecule has 3 N–H and O–H groups in total. The number of aliphatic imine (C=N–C) groups is 1. The van der Waals surface area contributed by atoms with Crippen LogP contribution in [0.5, 0.6) is 0 Å². The molecule has 1 aromatic heterocycles. The minimum absolute atomic E-state index is 0. The highest BCUT2D eigenvalue weighted by Gasteiger charge is 2.15. The third-order valence-corrected chi connectivity index (χ3v) is 4.28. The monoisotopic (exact) mass is 449 g/mol. The van der Waals surface area contributed by atoms with Gasteiger partial charge in [-0.05, 0) is 37.8 Å². The van der Waals surface area contributed by atoms with E-state index in [1.54, 1.807) is 6.26 Å². The molecule has 0 unspecified atom stereocenters. The van der Waals surface area contributed by atoms with Crippen LogP contribution >= 0.6 is 24.0 Å². The van der Waals surface area contributed by atoms with E-state index in [1.165, 1.54) is 25.7 Å². The van der Waals surface area contributed by atoms with Crippen molar-refractivity contribution in [1.29, 1.82) is 0 Å². The molecule has 0 aromatic carbocycles. The first-order valence-electron chi connectivity index (χ1n) is 9.06. The van der Waals surface area contributed by atoms with Crippen molar-refractivity contribution in [3.8, 4) is 0 Å². The lowest BCUT2D eigenvalue weighted by Gasteiger charge is -2.17. The van der Waals surface area contributed by atoms with Gasteiger partial charge in [-0.25, -0.2) is 0 Å². The zero-order valence-electron chi connectivity index (χ0n) is 14.5. The highest BCUT2D eigenvalue weighted by molar-refractivity contribution is 14.0. The number of aliphatic hydroxyl groups excluding tert-OH is 1. The van der Waals surface area contributed by atoms with Gasteiger partial charge in [0.15, 0.2) is 5.96 Å². The molecule has 1 heterocycles. The van der Waals surface area contributed by atoms with Crippen LogP contribution < -0.4 is 10.6 Å². The number of hydrogen-bond acceptors (Lipinski definition) is 3. The third kappa shape index (κ3) is 8.92. The number of guanidine groups is 1. The Morgan fingerprint density at radius 3 is 2.71 bits per heavy atom. The first-order chi connectivity index (χ1) is 11.4. The van der Waals surface area contributed by atoms with Crippen LogP contribution in [0.2, 0.25) is 0 Å².